The molecule has 98 valence electrons. The van der Waals surface area contributed by atoms with E-state index in [1.54, 1.807) is 36.4 Å². The fraction of sp³-hybridized carbons (Fsp3) is 0.0667. The summed E-state index contributed by atoms with van der Waals surface area (Å²) < 4.78 is 0. The van der Waals surface area contributed by atoms with Crippen molar-refractivity contribution in [3.8, 4) is 12.1 Å². The van der Waals surface area contributed by atoms with Gasteiger partial charge in [-0.3, -0.25) is 0 Å². The van der Waals surface area contributed by atoms with Gasteiger partial charge >= 0.3 is 0 Å². The fourth-order valence-electron chi connectivity index (χ4n) is 1.77. The zero-order chi connectivity index (χ0) is 14.5. The first-order chi connectivity index (χ1) is 9.63. The highest BCUT2D eigenvalue weighted by molar-refractivity contribution is 6.33. The number of nitrogen functional groups attached to an aromatic ring is 1. The minimum absolute atomic E-state index is 0.243. The van der Waals surface area contributed by atoms with Crippen LogP contribution in [0, 0.1) is 22.7 Å². The second-order valence-corrected chi connectivity index (χ2v) is 4.59. The van der Waals surface area contributed by atoms with Crippen LogP contribution >= 0.6 is 11.6 Å². The first-order valence-electron chi connectivity index (χ1n) is 5.86. The molecule has 0 spiro atoms. The first kappa shape index (κ1) is 13.7. The molecule has 0 atom stereocenters. The van der Waals surface area contributed by atoms with Gasteiger partial charge in [0, 0.05) is 11.4 Å². The topological polar surface area (TPSA) is 85.6 Å². The molecule has 0 aliphatic carbocycles. The van der Waals surface area contributed by atoms with Gasteiger partial charge < -0.3 is 11.1 Å². The van der Waals surface area contributed by atoms with E-state index in [0.29, 0.717) is 22.0 Å². The van der Waals surface area contributed by atoms with Gasteiger partial charge in [0.2, 0.25) is 0 Å². The monoisotopic (exact) mass is 282 g/mol. The molecular weight excluding hydrogens is 272 g/mol. The maximum atomic E-state index is 8.90. The average Bonchev–Trinajstić information content (AvgIpc) is 2.45. The van der Waals surface area contributed by atoms with Crippen LogP contribution in [0.15, 0.2) is 36.4 Å². The molecule has 0 aromatic heterocycles. The van der Waals surface area contributed by atoms with E-state index in [1.165, 1.54) is 0 Å². The van der Waals surface area contributed by atoms with E-state index in [-0.39, 0.29) is 6.42 Å². The molecular formula is C15H11ClN4. The minimum atomic E-state index is 0.243. The summed E-state index contributed by atoms with van der Waals surface area (Å²) in [6.07, 6.45) is 0.243. The van der Waals surface area contributed by atoms with Gasteiger partial charge in [0.1, 0.15) is 0 Å². The van der Waals surface area contributed by atoms with E-state index in [0.717, 1.165) is 11.3 Å². The van der Waals surface area contributed by atoms with Gasteiger partial charge in [0.15, 0.2) is 0 Å². The van der Waals surface area contributed by atoms with Crippen molar-refractivity contribution in [3.63, 3.8) is 0 Å². The second-order valence-electron chi connectivity index (χ2n) is 4.18. The Bertz CT molecular complexity index is 726. The van der Waals surface area contributed by atoms with Crippen LogP contribution in [0.4, 0.5) is 17.1 Å². The summed E-state index contributed by atoms with van der Waals surface area (Å²) in [5, 5.41) is 21.3. The normalized spacial score (nSPS) is 9.55. The lowest BCUT2D eigenvalue weighted by molar-refractivity contribution is 1.27. The van der Waals surface area contributed by atoms with E-state index in [2.05, 4.69) is 17.5 Å². The first-order valence-corrected chi connectivity index (χ1v) is 6.24. The lowest BCUT2D eigenvalue weighted by Gasteiger charge is -2.11. The molecule has 0 fully saturated rings. The summed E-state index contributed by atoms with van der Waals surface area (Å²) in [5.41, 5.74) is 9.05. The molecule has 0 heterocycles. The average molecular weight is 283 g/mol. The Morgan fingerprint density at radius 3 is 2.65 bits per heavy atom. The number of anilines is 3. The van der Waals surface area contributed by atoms with E-state index in [4.69, 9.17) is 27.9 Å². The van der Waals surface area contributed by atoms with Gasteiger partial charge in [-0.05, 0) is 42.0 Å². The summed E-state index contributed by atoms with van der Waals surface area (Å²) >= 11 is 6.09. The summed E-state index contributed by atoms with van der Waals surface area (Å²) in [7, 11) is 0. The van der Waals surface area contributed by atoms with Crippen LogP contribution in [-0.2, 0) is 6.42 Å². The quantitative estimate of drug-likeness (QED) is 0.842. The van der Waals surface area contributed by atoms with Crippen molar-refractivity contribution in [3.05, 3.63) is 52.5 Å². The van der Waals surface area contributed by atoms with Crippen LogP contribution in [0.25, 0.3) is 0 Å². The number of nitriles is 2. The highest BCUT2D eigenvalue weighted by Crippen LogP contribution is 2.28. The Morgan fingerprint density at radius 2 is 1.95 bits per heavy atom. The van der Waals surface area contributed by atoms with Crippen LogP contribution < -0.4 is 11.1 Å². The number of hydrogen-bond acceptors (Lipinski definition) is 4. The predicted octanol–water partition coefficient (Wildman–Crippen LogP) is 3.60. The van der Waals surface area contributed by atoms with Crippen molar-refractivity contribution >= 4 is 28.7 Å². The maximum Gasteiger partial charge on any atom is 0.0992 e. The molecule has 2 aromatic carbocycles. The number of nitrogens with one attached hydrogen (secondary N) is 1. The zero-order valence-corrected chi connectivity index (χ0v) is 11.3. The van der Waals surface area contributed by atoms with Crippen LogP contribution in [-0.4, -0.2) is 0 Å². The lowest BCUT2D eigenvalue weighted by Crippen LogP contribution is -1.97. The molecule has 0 saturated carbocycles. The maximum absolute atomic E-state index is 8.90. The Labute approximate surface area is 122 Å². The fourth-order valence-corrected chi connectivity index (χ4v) is 1.93. The Kier molecular flexibility index (Phi) is 4.10. The predicted molar refractivity (Wildman–Crippen MR) is 79.6 cm³/mol. The number of nitrogens with zero attached hydrogens (tertiary/aromatic N) is 2. The number of hydrogen-bond donors (Lipinski definition) is 2. The van der Waals surface area contributed by atoms with Crippen molar-refractivity contribution in [2.45, 2.75) is 6.42 Å². The van der Waals surface area contributed by atoms with Gasteiger partial charge in [-0.2, -0.15) is 10.5 Å². The molecule has 2 rings (SSSR count). The Hall–Kier alpha value is -2.69. The lowest BCUT2D eigenvalue weighted by atomic mass is 10.1. The van der Waals surface area contributed by atoms with Crippen molar-refractivity contribution in [2.24, 2.45) is 0 Å². The van der Waals surface area contributed by atoms with Crippen molar-refractivity contribution in [2.75, 3.05) is 11.1 Å². The van der Waals surface area contributed by atoms with Gasteiger partial charge in [-0.1, -0.05) is 11.6 Å². The van der Waals surface area contributed by atoms with Crippen LogP contribution in [0.5, 0.6) is 0 Å². The standard InChI is InChI=1S/C15H11ClN4/c16-13-3-1-10(9-18)7-15(13)20-12-2-4-14(19)11(8-12)5-6-17/h1-4,7-8,20H,5,19H2. The summed E-state index contributed by atoms with van der Waals surface area (Å²) in [6.45, 7) is 0. The molecule has 0 aliphatic heterocycles. The molecule has 0 aliphatic rings. The molecule has 2 aromatic rings. The van der Waals surface area contributed by atoms with Gasteiger partial charge in [-0.15, -0.1) is 0 Å². The highest BCUT2D eigenvalue weighted by Gasteiger charge is 2.05. The molecule has 0 unspecified atom stereocenters. The highest BCUT2D eigenvalue weighted by atomic mass is 35.5. The van der Waals surface area contributed by atoms with E-state index in [1.807, 2.05) is 0 Å². The van der Waals surface area contributed by atoms with E-state index in [9.17, 15) is 0 Å². The van der Waals surface area contributed by atoms with Crippen molar-refractivity contribution in [1.29, 1.82) is 10.5 Å². The smallest absolute Gasteiger partial charge is 0.0992 e. The van der Waals surface area contributed by atoms with Crippen molar-refractivity contribution < 1.29 is 0 Å². The van der Waals surface area contributed by atoms with Crippen LogP contribution in [0.1, 0.15) is 11.1 Å². The van der Waals surface area contributed by atoms with Crippen LogP contribution in [0.3, 0.4) is 0 Å². The number of benzene rings is 2. The zero-order valence-electron chi connectivity index (χ0n) is 10.5. The van der Waals surface area contributed by atoms with Gasteiger partial charge in [-0.25, -0.2) is 0 Å². The SMILES string of the molecule is N#CCc1cc(Nc2cc(C#N)ccc2Cl)ccc1N. The summed E-state index contributed by atoms with van der Waals surface area (Å²) in [5.74, 6) is 0. The third kappa shape index (κ3) is 3.00. The molecule has 0 amide bonds. The Balaban J connectivity index is 2.33. The number of nitrogens with two attached hydrogens (primary N) is 1. The van der Waals surface area contributed by atoms with Crippen molar-refractivity contribution in [1.82, 2.24) is 0 Å². The van der Waals surface area contributed by atoms with E-state index >= 15 is 0 Å². The summed E-state index contributed by atoms with van der Waals surface area (Å²) in [4.78, 5) is 0. The molecule has 3 N–H and O–H groups in total. The molecule has 5 heteroatoms. The molecule has 4 nitrogen and oxygen atoms in total. The Morgan fingerprint density at radius 1 is 1.15 bits per heavy atom. The van der Waals surface area contributed by atoms with Gasteiger partial charge in [0.25, 0.3) is 0 Å². The number of rotatable bonds is 3. The third-order valence-electron chi connectivity index (χ3n) is 2.79. The third-order valence-corrected chi connectivity index (χ3v) is 3.12. The van der Waals surface area contributed by atoms with E-state index < -0.39 is 0 Å². The summed E-state index contributed by atoms with van der Waals surface area (Å²) in [6, 6.07) is 14.4. The minimum Gasteiger partial charge on any atom is -0.398 e. The van der Waals surface area contributed by atoms with Crippen LogP contribution in [0.2, 0.25) is 5.02 Å². The second kappa shape index (κ2) is 5.97. The van der Waals surface area contributed by atoms with Gasteiger partial charge in [0.05, 0.1) is 34.8 Å². The molecule has 0 bridgehead atoms. The molecule has 0 radical (unpaired) electrons. The molecule has 20 heavy (non-hydrogen) atoms. The largest absolute Gasteiger partial charge is 0.398 e. The molecule has 0 saturated heterocycles. The number of halogens is 1.